The van der Waals surface area contributed by atoms with E-state index in [2.05, 4.69) is 21.2 Å². The third-order valence-corrected chi connectivity index (χ3v) is 3.79. The molecule has 2 rings (SSSR count). The Kier molecular flexibility index (Phi) is 4.39. The summed E-state index contributed by atoms with van der Waals surface area (Å²) >= 11 is 2.98. The molecular formula is C13H14BrF3N2O. The van der Waals surface area contributed by atoms with Crippen molar-refractivity contribution in [3.05, 3.63) is 33.8 Å². The predicted molar refractivity (Wildman–Crippen MR) is 72.2 cm³/mol. The van der Waals surface area contributed by atoms with E-state index in [0.717, 1.165) is 18.9 Å². The van der Waals surface area contributed by atoms with E-state index in [4.69, 9.17) is 5.73 Å². The molecule has 7 heteroatoms. The van der Waals surface area contributed by atoms with Crippen LogP contribution in [-0.2, 0) is 6.18 Å². The summed E-state index contributed by atoms with van der Waals surface area (Å²) in [5.74, 6) is -0.444. The van der Waals surface area contributed by atoms with Crippen LogP contribution in [0.3, 0.4) is 0 Å². The van der Waals surface area contributed by atoms with Crippen molar-refractivity contribution in [2.24, 2.45) is 11.7 Å². The fourth-order valence-electron chi connectivity index (χ4n) is 2.06. The van der Waals surface area contributed by atoms with Gasteiger partial charge in [0, 0.05) is 17.1 Å². The van der Waals surface area contributed by atoms with Gasteiger partial charge in [-0.2, -0.15) is 13.2 Å². The SMILES string of the molecule is NCC(NC(=O)c1ccc(Br)cc1C(F)(F)F)C1CC1. The number of nitrogens with two attached hydrogens (primary N) is 1. The highest BCUT2D eigenvalue weighted by Gasteiger charge is 2.37. The van der Waals surface area contributed by atoms with Crippen molar-refractivity contribution in [1.29, 1.82) is 0 Å². The Morgan fingerprint density at radius 2 is 2.10 bits per heavy atom. The molecule has 1 aromatic rings. The lowest BCUT2D eigenvalue weighted by molar-refractivity contribution is -0.138. The van der Waals surface area contributed by atoms with Crippen LogP contribution in [0, 0.1) is 5.92 Å². The Morgan fingerprint density at radius 3 is 2.60 bits per heavy atom. The average Bonchev–Trinajstić information content (AvgIpc) is 3.18. The fourth-order valence-corrected chi connectivity index (χ4v) is 2.42. The van der Waals surface area contributed by atoms with Gasteiger partial charge >= 0.3 is 6.18 Å². The summed E-state index contributed by atoms with van der Waals surface area (Å²) in [4.78, 5) is 12.0. The monoisotopic (exact) mass is 350 g/mol. The first-order valence-corrected chi connectivity index (χ1v) is 7.00. The summed E-state index contributed by atoms with van der Waals surface area (Å²) in [6.45, 7) is 0.230. The van der Waals surface area contributed by atoms with E-state index in [1.165, 1.54) is 12.1 Å². The molecule has 0 spiro atoms. The van der Waals surface area contributed by atoms with Crippen LogP contribution in [0.1, 0.15) is 28.8 Å². The normalized spacial score (nSPS) is 16.9. The molecule has 3 nitrogen and oxygen atoms in total. The second kappa shape index (κ2) is 5.73. The first kappa shape index (κ1) is 15.3. The highest BCUT2D eigenvalue weighted by atomic mass is 79.9. The topological polar surface area (TPSA) is 55.1 Å². The van der Waals surface area contributed by atoms with Crippen LogP contribution in [0.15, 0.2) is 22.7 Å². The smallest absolute Gasteiger partial charge is 0.348 e. The minimum Gasteiger partial charge on any atom is -0.348 e. The van der Waals surface area contributed by atoms with Gasteiger partial charge in [-0.15, -0.1) is 0 Å². The van der Waals surface area contributed by atoms with Crippen LogP contribution in [0.2, 0.25) is 0 Å². The molecule has 20 heavy (non-hydrogen) atoms. The maximum atomic E-state index is 13.0. The Morgan fingerprint density at radius 1 is 1.45 bits per heavy atom. The second-order valence-electron chi connectivity index (χ2n) is 4.84. The molecule has 0 aromatic heterocycles. The predicted octanol–water partition coefficient (Wildman–Crippen LogP) is 2.94. The van der Waals surface area contributed by atoms with Gasteiger partial charge in [-0.1, -0.05) is 15.9 Å². The quantitative estimate of drug-likeness (QED) is 0.877. The Hall–Kier alpha value is -1.08. The summed E-state index contributed by atoms with van der Waals surface area (Å²) in [5.41, 5.74) is 4.22. The van der Waals surface area contributed by atoms with Gasteiger partial charge < -0.3 is 11.1 Å². The molecule has 0 radical (unpaired) electrons. The zero-order chi connectivity index (χ0) is 14.9. The Balaban J connectivity index is 2.25. The van der Waals surface area contributed by atoms with Gasteiger partial charge in [0.05, 0.1) is 11.1 Å². The lowest BCUT2D eigenvalue weighted by atomic mass is 10.1. The molecule has 1 saturated carbocycles. The van der Waals surface area contributed by atoms with E-state index in [9.17, 15) is 18.0 Å². The molecule has 0 heterocycles. The van der Waals surface area contributed by atoms with Crippen LogP contribution in [0.5, 0.6) is 0 Å². The van der Waals surface area contributed by atoms with Crippen molar-refractivity contribution in [2.45, 2.75) is 25.1 Å². The van der Waals surface area contributed by atoms with Gasteiger partial charge in [0.15, 0.2) is 0 Å². The van der Waals surface area contributed by atoms with Crippen molar-refractivity contribution >= 4 is 21.8 Å². The average molecular weight is 351 g/mol. The number of carbonyl (C=O) groups excluding carboxylic acids is 1. The zero-order valence-electron chi connectivity index (χ0n) is 10.5. The number of halogens is 4. The van der Waals surface area contributed by atoms with Gasteiger partial charge in [-0.25, -0.2) is 0 Å². The molecule has 1 aliphatic carbocycles. The molecule has 110 valence electrons. The lowest BCUT2D eigenvalue weighted by Gasteiger charge is -2.18. The number of nitrogens with one attached hydrogen (secondary N) is 1. The third-order valence-electron chi connectivity index (χ3n) is 3.29. The number of amides is 1. The number of alkyl halides is 3. The van der Waals surface area contributed by atoms with Crippen molar-refractivity contribution < 1.29 is 18.0 Å². The maximum absolute atomic E-state index is 13.0. The summed E-state index contributed by atoms with van der Waals surface area (Å²) in [7, 11) is 0. The molecule has 1 amide bonds. The summed E-state index contributed by atoms with van der Waals surface area (Å²) in [6, 6.07) is 3.23. The summed E-state index contributed by atoms with van der Waals surface area (Å²) in [5, 5.41) is 2.60. The van der Waals surface area contributed by atoms with Gasteiger partial charge in [0.1, 0.15) is 0 Å². The Bertz CT molecular complexity index is 515. The van der Waals surface area contributed by atoms with Crippen LogP contribution >= 0.6 is 15.9 Å². The van der Waals surface area contributed by atoms with E-state index in [1.54, 1.807) is 0 Å². The van der Waals surface area contributed by atoms with Crippen molar-refractivity contribution in [3.8, 4) is 0 Å². The number of hydrogen-bond acceptors (Lipinski definition) is 2. The molecule has 1 aliphatic rings. The lowest BCUT2D eigenvalue weighted by Crippen LogP contribution is -2.42. The Labute approximate surface area is 122 Å². The van der Waals surface area contributed by atoms with E-state index in [1.807, 2.05) is 0 Å². The molecule has 0 bridgehead atoms. The highest BCUT2D eigenvalue weighted by Crippen LogP contribution is 2.35. The maximum Gasteiger partial charge on any atom is 0.417 e. The first-order valence-electron chi connectivity index (χ1n) is 6.20. The van der Waals surface area contributed by atoms with E-state index >= 15 is 0 Å². The van der Waals surface area contributed by atoms with Crippen LogP contribution in [0.4, 0.5) is 13.2 Å². The highest BCUT2D eigenvalue weighted by molar-refractivity contribution is 9.10. The van der Waals surface area contributed by atoms with Crippen molar-refractivity contribution in [3.63, 3.8) is 0 Å². The van der Waals surface area contributed by atoms with E-state index in [-0.39, 0.29) is 28.5 Å². The van der Waals surface area contributed by atoms with Gasteiger partial charge in [0.25, 0.3) is 5.91 Å². The molecule has 0 saturated heterocycles. The summed E-state index contributed by atoms with van der Waals surface area (Å²) in [6.07, 6.45) is -2.67. The minimum atomic E-state index is -4.58. The van der Waals surface area contributed by atoms with Crippen LogP contribution in [-0.4, -0.2) is 18.5 Å². The number of hydrogen-bond donors (Lipinski definition) is 2. The number of carbonyl (C=O) groups is 1. The number of benzene rings is 1. The second-order valence-corrected chi connectivity index (χ2v) is 5.76. The largest absolute Gasteiger partial charge is 0.417 e. The fraction of sp³-hybridized carbons (Fsp3) is 0.462. The van der Waals surface area contributed by atoms with Gasteiger partial charge in [0.2, 0.25) is 0 Å². The van der Waals surface area contributed by atoms with Crippen LogP contribution < -0.4 is 11.1 Å². The van der Waals surface area contributed by atoms with Crippen molar-refractivity contribution in [2.75, 3.05) is 6.54 Å². The molecule has 1 aromatic carbocycles. The van der Waals surface area contributed by atoms with E-state index < -0.39 is 17.6 Å². The molecule has 3 N–H and O–H groups in total. The zero-order valence-corrected chi connectivity index (χ0v) is 12.1. The van der Waals surface area contributed by atoms with Gasteiger partial charge in [-0.3, -0.25) is 4.79 Å². The molecule has 0 aliphatic heterocycles. The van der Waals surface area contributed by atoms with Crippen LogP contribution in [0.25, 0.3) is 0 Å². The molecule has 1 fully saturated rings. The number of rotatable bonds is 4. The molecule has 1 unspecified atom stereocenters. The standard InChI is InChI=1S/C13H14BrF3N2O/c14-8-3-4-9(10(5-8)13(15,16)17)12(20)19-11(6-18)7-1-2-7/h3-5,7,11H,1-2,6,18H2,(H,19,20). The first-order chi connectivity index (χ1) is 9.32. The van der Waals surface area contributed by atoms with Gasteiger partial charge in [-0.05, 0) is 37.0 Å². The molecule has 1 atom stereocenters. The summed E-state index contributed by atoms with van der Waals surface area (Å²) < 4.78 is 39.1. The van der Waals surface area contributed by atoms with Crippen molar-refractivity contribution in [1.82, 2.24) is 5.32 Å². The van der Waals surface area contributed by atoms with E-state index in [0.29, 0.717) is 0 Å². The minimum absolute atomic E-state index is 0.230. The molecular weight excluding hydrogens is 337 g/mol. The third kappa shape index (κ3) is 3.52.